The average molecular weight is 233 g/mol. The van der Waals surface area contributed by atoms with E-state index in [-0.39, 0.29) is 6.04 Å². The summed E-state index contributed by atoms with van der Waals surface area (Å²) in [4.78, 5) is 0. The molecule has 1 rings (SSSR count). The molecule has 0 aliphatic heterocycles. The summed E-state index contributed by atoms with van der Waals surface area (Å²) in [6, 6.07) is 7.71. The molecule has 1 aromatic rings. The second-order valence-electron chi connectivity index (χ2n) is 3.89. The van der Waals surface area contributed by atoms with E-state index >= 15 is 0 Å². The molecule has 1 unspecified atom stereocenters. The summed E-state index contributed by atoms with van der Waals surface area (Å²) in [5, 5.41) is 12.3. The fourth-order valence-electron chi connectivity index (χ4n) is 1.68. The molecule has 0 fully saturated rings. The van der Waals surface area contributed by atoms with Crippen LogP contribution in [0, 0.1) is 11.3 Å². The van der Waals surface area contributed by atoms with E-state index in [0.29, 0.717) is 12.1 Å². The van der Waals surface area contributed by atoms with E-state index in [4.69, 9.17) is 15.7 Å². The maximum atomic E-state index is 9.04. The molecule has 0 aromatic heterocycles. The lowest BCUT2D eigenvalue weighted by molar-refractivity contribution is 0.415. The minimum atomic E-state index is 0.194. The highest BCUT2D eigenvalue weighted by Gasteiger charge is 2.09. The Kier molecular flexibility index (Phi) is 5.31. The van der Waals surface area contributed by atoms with Crippen molar-refractivity contribution in [1.29, 1.82) is 5.26 Å². The maximum absolute atomic E-state index is 9.04. The first kappa shape index (κ1) is 13.3. The lowest BCUT2D eigenvalue weighted by atomic mass is 10.1. The van der Waals surface area contributed by atoms with Crippen LogP contribution in [0.3, 0.4) is 0 Å². The third kappa shape index (κ3) is 3.65. The van der Waals surface area contributed by atoms with Crippen LogP contribution in [-0.4, -0.2) is 19.7 Å². The highest BCUT2D eigenvalue weighted by molar-refractivity contribution is 5.60. The van der Waals surface area contributed by atoms with Crippen LogP contribution in [0.4, 0.5) is 5.69 Å². The minimum Gasteiger partial charge on any atom is -0.497 e. The van der Waals surface area contributed by atoms with Crippen molar-refractivity contribution in [3.05, 3.63) is 23.8 Å². The highest BCUT2D eigenvalue weighted by atomic mass is 16.5. The molecule has 4 heteroatoms. The van der Waals surface area contributed by atoms with Crippen LogP contribution in [-0.2, 0) is 0 Å². The highest BCUT2D eigenvalue weighted by Crippen LogP contribution is 2.23. The van der Waals surface area contributed by atoms with Crippen LogP contribution in [0.25, 0.3) is 0 Å². The number of methoxy groups -OCH3 is 1. The lowest BCUT2D eigenvalue weighted by Gasteiger charge is -2.18. The first-order valence-corrected chi connectivity index (χ1v) is 5.79. The van der Waals surface area contributed by atoms with Crippen molar-refractivity contribution in [3.8, 4) is 11.8 Å². The molecule has 3 N–H and O–H groups in total. The Morgan fingerprint density at radius 3 is 2.82 bits per heavy atom. The molecule has 0 saturated heterocycles. The number of benzene rings is 1. The second-order valence-corrected chi connectivity index (χ2v) is 3.89. The van der Waals surface area contributed by atoms with Crippen molar-refractivity contribution < 1.29 is 4.74 Å². The van der Waals surface area contributed by atoms with Gasteiger partial charge in [-0.2, -0.15) is 5.26 Å². The van der Waals surface area contributed by atoms with Crippen molar-refractivity contribution in [2.45, 2.75) is 25.8 Å². The number of nitrogens with zero attached hydrogens (tertiary/aromatic N) is 1. The van der Waals surface area contributed by atoms with Gasteiger partial charge < -0.3 is 15.8 Å². The summed E-state index contributed by atoms with van der Waals surface area (Å²) >= 11 is 0. The van der Waals surface area contributed by atoms with Crippen molar-refractivity contribution in [3.63, 3.8) is 0 Å². The number of nitriles is 1. The van der Waals surface area contributed by atoms with Gasteiger partial charge in [0, 0.05) is 18.7 Å². The lowest BCUT2D eigenvalue weighted by Crippen LogP contribution is -2.28. The van der Waals surface area contributed by atoms with E-state index in [1.807, 2.05) is 6.07 Å². The molecule has 0 saturated carbocycles. The molecule has 0 bridgehead atoms. The van der Waals surface area contributed by atoms with Crippen molar-refractivity contribution in [1.82, 2.24) is 0 Å². The fourth-order valence-corrected chi connectivity index (χ4v) is 1.68. The molecule has 1 atom stereocenters. The Balaban J connectivity index is 2.90. The Morgan fingerprint density at radius 2 is 2.29 bits per heavy atom. The molecule has 0 amide bonds. The first-order chi connectivity index (χ1) is 8.24. The molecule has 0 aliphatic rings. The molecule has 17 heavy (non-hydrogen) atoms. The molecule has 0 radical (unpaired) electrons. The van der Waals surface area contributed by atoms with Gasteiger partial charge in [-0.1, -0.05) is 13.3 Å². The molecule has 1 aromatic carbocycles. The number of nitrogens with one attached hydrogen (secondary N) is 1. The van der Waals surface area contributed by atoms with Gasteiger partial charge >= 0.3 is 0 Å². The van der Waals surface area contributed by atoms with Gasteiger partial charge in [0.2, 0.25) is 0 Å². The van der Waals surface area contributed by atoms with Crippen LogP contribution in [0.5, 0.6) is 5.75 Å². The van der Waals surface area contributed by atoms with Crippen molar-refractivity contribution >= 4 is 5.69 Å². The third-order valence-corrected chi connectivity index (χ3v) is 2.63. The molecule has 92 valence electrons. The third-order valence-electron chi connectivity index (χ3n) is 2.63. The summed E-state index contributed by atoms with van der Waals surface area (Å²) in [5.74, 6) is 0.735. The van der Waals surface area contributed by atoms with Crippen LogP contribution in [0.1, 0.15) is 25.3 Å². The van der Waals surface area contributed by atoms with Crippen LogP contribution in [0.2, 0.25) is 0 Å². The van der Waals surface area contributed by atoms with E-state index in [9.17, 15) is 0 Å². The minimum absolute atomic E-state index is 0.194. The number of hydrogen-bond donors (Lipinski definition) is 2. The Bertz CT molecular complexity index is 398. The quantitative estimate of drug-likeness (QED) is 0.789. The topological polar surface area (TPSA) is 71.1 Å². The van der Waals surface area contributed by atoms with Gasteiger partial charge in [-0.05, 0) is 18.6 Å². The van der Waals surface area contributed by atoms with E-state index in [2.05, 4.69) is 18.3 Å². The van der Waals surface area contributed by atoms with E-state index in [1.54, 1.807) is 19.2 Å². The Morgan fingerprint density at radius 1 is 1.53 bits per heavy atom. The SMILES string of the molecule is CCCC(CN)Nc1cc(OC)ccc1C#N. The summed E-state index contributed by atoms with van der Waals surface area (Å²) in [5.41, 5.74) is 7.09. The number of hydrogen-bond acceptors (Lipinski definition) is 4. The van der Waals surface area contributed by atoms with E-state index in [0.717, 1.165) is 24.3 Å². The molecular weight excluding hydrogens is 214 g/mol. The fraction of sp³-hybridized carbons (Fsp3) is 0.462. The zero-order valence-corrected chi connectivity index (χ0v) is 10.4. The summed E-state index contributed by atoms with van der Waals surface area (Å²) in [6.45, 7) is 2.66. The smallest absolute Gasteiger partial charge is 0.121 e. The summed E-state index contributed by atoms with van der Waals surface area (Å²) < 4.78 is 5.15. The molecule has 0 heterocycles. The van der Waals surface area contributed by atoms with Crippen molar-refractivity contribution in [2.24, 2.45) is 5.73 Å². The van der Waals surface area contributed by atoms with Gasteiger partial charge in [0.25, 0.3) is 0 Å². The molecule has 0 aliphatic carbocycles. The number of anilines is 1. The summed E-state index contributed by atoms with van der Waals surface area (Å²) in [7, 11) is 1.61. The van der Waals surface area contributed by atoms with Crippen LogP contribution in [0.15, 0.2) is 18.2 Å². The van der Waals surface area contributed by atoms with Gasteiger partial charge in [0.1, 0.15) is 11.8 Å². The number of rotatable bonds is 6. The van der Waals surface area contributed by atoms with Crippen LogP contribution >= 0.6 is 0 Å². The maximum Gasteiger partial charge on any atom is 0.121 e. The Labute approximate surface area is 102 Å². The predicted octanol–water partition coefficient (Wildman–Crippen LogP) is 2.11. The standard InChI is InChI=1S/C13H19N3O/c1-3-4-11(9-15)16-13-7-12(17-2)6-5-10(13)8-14/h5-7,11,16H,3-4,9,15H2,1-2H3. The summed E-state index contributed by atoms with van der Waals surface area (Å²) in [6.07, 6.45) is 2.04. The average Bonchev–Trinajstić information content (AvgIpc) is 2.38. The van der Waals surface area contributed by atoms with Crippen molar-refractivity contribution in [2.75, 3.05) is 19.0 Å². The van der Waals surface area contributed by atoms with E-state index in [1.165, 1.54) is 0 Å². The van der Waals surface area contributed by atoms with Gasteiger partial charge in [-0.15, -0.1) is 0 Å². The van der Waals surface area contributed by atoms with Gasteiger partial charge in [0.05, 0.1) is 18.4 Å². The molecule has 0 spiro atoms. The number of ether oxygens (including phenoxy) is 1. The predicted molar refractivity (Wildman–Crippen MR) is 69.1 cm³/mol. The van der Waals surface area contributed by atoms with E-state index < -0.39 is 0 Å². The normalized spacial score (nSPS) is 11.6. The Hall–Kier alpha value is -1.73. The first-order valence-electron chi connectivity index (χ1n) is 5.79. The van der Waals surface area contributed by atoms with Crippen LogP contribution < -0.4 is 15.8 Å². The monoisotopic (exact) mass is 233 g/mol. The zero-order valence-electron chi connectivity index (χ0n) is 10.4. The second kappa shape index (κ2) is 6.77. The molecule has 4 nitrogen and oxygen atoms in total. The molecular formula is C13H19N3O. The van der Waals surface area contributed by atoms with Gasteiger partial charge in [-0.25, -0.2) is 0 Å². The van der Waals surface area contributed by atoms with Gasteiger partial charge in [0.15, 0.2) is 0 Å². The number of nitrogens with two attached hydrogens (primary N) is 1. The largest absolute Gasteiger partial charge is 0.497 e. The van der Waals surface area contributed by atoms with Gasteiger partial charge in [-0.3, -0.25) is 0 Å². The zero-order chi connectivity index (χ0) is 12.7.